The van der Waals surface area contributed by atoms with Gasteiger partial charge in [0.1, 0.15) is 0 Å². The average molecular weight is 417 g/mol. The Morgan fingerprint density at radius 3 is 2.10 bits per heavy atom. The first-order valence-corrected chi connectivity index (χ1v) is 8.34. The number of benzene rings is 2. The van der Waals surface area contributed by atoms with Gasteiger partial charge in [0, 0.05) is 10.6 Å². The van der Waals surface area contributed by atoms with Gasteiger partial charge in [-0.3, -0.25) is 4.79 Å². The molecule has 0 aromatic heterocycles. The Kier molecular flexibility index (Phi) is 5.42. The Balaban J connectivity index is 2.17. The molecule has 4 heteroatoms. The SMILES string of the molecule is Cc1ccc([C@H](Br)[C@@H](Br)C(=O)c2ccc(Cl)cc2)cc1. The molecule has 0 saturated heterocycles. The summed E-state index contributed by atoms with van der Waals surface area (Å²) in [6.45, 7) is 2.04. The second-order valence-electron chi connectivity index (χ2n) is 4.59. The Labute approximate surface area is 140 Å². The summed E-state index contributed by atoms with van der Waals surface area (Å²) < 4.78 is 0. The lowest BCUT2D eigenvalue weighted by atomic mass is 10.0. The molecule has 20 heavy (non-hydrogen) atoms. The van der Waals surface area contributed by atoms with Crippen molar-refractivity contribution in [2.24, 2.45) is 0 Å². The van der Waals surface area contributed by atoms with Crippen molar-refractivity contribution in [3.63, 3.8) is 0 Å². The maximum Gasteiger partial charge on any atom is 0.177 e. The molecular weight excluding hydrogens is 403 g/mol. The largest absolute Gasteiger partial charge is 0.293 e. The van der Waals surface area contributed by atoms with E-state index in [1.807, 2.05) is 31.2 Å². The minimum Gasteiger partial charge on any atom is -0.293 e. The second-order valence-corrected chi connectivity index (χ2v) is 6.99. The van der Waals surface area contributed by atoms with E-state index < -0.39 is 0 Å². The molecule has 2 aromatic rings. The lowest BCUT2D eigenvalue weighted by Crippen LogP contribution is -2.19. The van der Waals surface area contributed by atoms with E-state index in [0.717, 1.165) is 5.56 Å². The number of carbonyl (C=O) groups excluding carboxylic acids is 1. The normalized spacial score (nSPS) is 13.8. The van der Waals surface area contributed by atoms with Crippen molar-refractivity contribution in [2.45, 2.75) is 16.6 Å². The first-order valence-electron chi connectivity index (χ1n) is 6.13. The monoisotopic (exact) mass is 414 g/mol. The van der Waals surface area contributed by atoms with Crippen LogP contribution in [0.2, 0.25) is 5.02 Å². The zero-order valence-electron chi connectivity index (χ0n) is 10.8. The zero-order valence-corrected chi connectivity index (χ0v) is 14.7. The van der Waals surface area contributed by atoms with Gasteiger partial charge in [-0.2, -0.15) is 0 Å². The number of halogens is 3. The molecule has 0 aliphatic rings. The van der Waals surface area contributed by atoms with E-state index in [4.69, 9.17) is 11.6 Å². The van der Waals surface area contributed by atoms with Crippen LogP contribution >= 0.6 is 43.5 Å². The Hall–Kier alpha value is -0.640. The van der Waals surface area contributed by atoms with Crippen molar-refractivity contribution in [1.29, 1.82) is 0 Å². The van der Waals surface area contributed by atoms with E-state index in [2.05, 4.69) is 31.9 Å². The number of hydrogen-bond donors (Lipinski definition) is 0. The van der Waals surface area contributed by atoms with Crippen LogP contribution in [0.1, 0.15) is 26.3 Å². The van der Waals surface area contributed by atoms with E-state index in [9.17, 15) is 4.79 Å². The highest BCUT2D eigenvalue weighted by molar-refractivity contribution is 9.12. The molecule has 104 valence electrons. The Morgan fingerprint density at radius 1 is 1.00 bits per heavy atom. The predicted octanol–water partition coefficient (Wildman–Crippen LogP) is 5.73. The molecule has 2 atom stereocenters. The molecule has 2 rings (SSSR count). The third-order valence-electron chi connectivity index (χ3n) is 3.03. The van der Waals surface area contributed by atoms with Crippen molar-refractivity contribution in [3.05, 3.63) is 70.2 Å². The first-order chi connectivity index (χ1) is 9.49. The molecule has 2 aromatic carbocycles. The van der Waals surface area contributed by atoms with E-state index in [0.29, 0.717) is 10.6 Å². The van der Waals surface area contributed by atoms with Crippen molar-refractivity contribution in [2.75, 3.05) is 0 Å². The summed E-state index contributed by atoms with van der Waals surface area (Å²) in [6, 6.07) is 15.1. The molecule has 0 unspecified atom stereocenters. The standard InChI is InChI=1S/C16H13Br2ClO/c1-10-2-4-11(5-3-10)14(17)15(18)16(20)12-6-8-13(19)9-7-12/h2-9,14-15H,1H3/t14-,15+/m0/s1. The van der Waals surface area contributed by atoms with Crippen molar-refractivity contribution in [1.82, 2.24) is 0 Å². The minimum atomic E-state index is -0.327. The lowest BCUT2D eigenvalue weighted by Gasteiger charge is -2.16. The fourth-order valence-electron chi connectivity index (χ4n) is 1.83. The third kappa shape index (κ3) is 3.72. The molecule has 0 heterocycles. The van der Waals surface area contributed by atoms with Crippen LogP contribution in [0.25, 0.3) is 0 Å². The average Bonchev–Trinajstić information content (AvgIpc) is 2.46. The van der Waals surface area contributed by atoms with Gasteiger partial charge in [-0.05, 0) is 36.8 Å². The molecule has 0 amide bonds. The molecule has 0 bridgehead atoms. The molecule has 0 radical (unpaired) electrons. The van der Waals surface area contributed by atoms with Crippen LogP contribution in [0.3, 0.4) is 0 Å². The quantitative estimate of drug-likeness (QED) is 0.459. The Bertz CT molecular complexity index is 593. The summed E-state index contributed by atoms with van der Waals surface area (Å²) in [5.41, 5.74) is 2.91. The molecular formula is C16H13Br2ClO. The molecule has 0 N–H and O–H groups in total. The van der Waals surface area contributed by atoms with E-state index in [-0.39, 0.29) is 15.4 Å². The van der Waals surface area contributed by atoms with Gasteiger partial charge in [-0.1, -0.05) is 73.3 Å². The molecule has 0 aliphatic carbocycles. The van der Waals surface area contributed by atoms with E-state index in [1.54, 1.807) is 24.3 Å². The van der Waals surface area contributed by atoms with Gasteiger partial charge in [-0.25, -0.2) is 0 Å². The molecule has 0 aliphatic heterocycles. The fraction of sp³-hybridized carbons (Fsp3) is 0.188. The van der Waals surface area contributed by atoms with Crippen molar-refractivity contribution >= 4 is 49.2 Å². The van der Waals surface area contributed by atoms with Crippen LogP contribution in [0, 0.1) is 6.92 Å². The van der Waals surface area contributed by atoms with Gasteiger partial charge in [0.15, 0.2) is 5.78 Å². The number of carbonyl (C=O) groups is 1. The summed E-state index contributed by atoms with van der Waals surface area (Å²) in [5.74, 6) is 0.0316. The zero-order chi connectivity index (χ0) is 14.7. The number of Topliss-reactive ketones (excluding diaryl/α,β-unsaturated/α-hetero) is 1. The van der Waals surface area contributed by atoms with E-state index in [1.165, 1.54) is 5.56 Å². The highest BCUT2D eigenvalue weighted by Gasteiger charge is 2.25. The van der Waals surface area contributed by atoms with Gasteiger partial charge in [0.05, 0.1) is 9.65 Å². The van der Waals surface area contributed by atoms with Crippen molar-refractivity contribution in [3.8, 4) is 0 Å². The van der Waals surface area contributed by atoms with Gasteiger partial charge >= 0.3 is 0 Å². The highest BCUT2D eigenvalue weighted by atomic mass is 79.9. The van der Waals surface area contributed by atoms with Gasteiger partial charge < -0.3 is 0 Å². The Morgan fingerprint density at radius 2 is 1.55 bits per heavy atom. The molecule has 0 saturated carbocycles. The topological polar surface area (TPSA) is 17.1 Å². The number of rotatable bonds is 4. The van der Waals surface area contributed by atoms with Crippen LogP contribution in [0.5, 0.6) is 0 Å². The number of hydrogen-bond acceptors (Lipinski definition) is 1. The molecule has 0 spiro atoms. The number of aryl methyl sites for hydroxylation is 1. The summed E-state index contributed by atoms with van der Waals surface area (Å²) in [5, 5.41) is 0.626. The van der Waals surface area contributed by atoms with Crippen LogP contribution in [-0.2, 0) is 0 Å². The number of ketones is 1. The summed E-state index contributed by atoms with van der Waals surface area (Å²) in [4.78, 5) is 12.0. The first kappa shape index (κ1) is 15.7. The highest BCUT2D eigenvalue weighted by Crippen LogP contribution is 2.33. The van der Waals surface area contributed by atoms with Crippen molar-refractivity contribution < 1.29 is 4.79 Å². The van der Waals surface area contributed by atoms with E-state index >= 15 is 0 Å². The smallest absolute Gasteiger partial charge is 0.177 e. The summed E-state index contributed by atoms with van der Waals surface area (Å²) >= 11 is 12.9. The minimum absolute atomic E-state index is 0.0316. The fourth-order valence-corrected chi connectivity index (χ4v) is 3.07. The second kappa shape index (κ2) is 6.88. The van der Waals surface area contributed by atoms with Crippen LogP contribution in [0.4, 0.5) is 0 Å². The predicted molar refractivity (Wildman–Crippen MR) is 91.3 cm³/mol. The maximum atomic E-state index is 12.4. The van der Waals surface area contributed by atoms with Crippen LogP contribution in [0.15, 0.2) is 48.5 Å². The summed E-state index contributed by atoms with van der Waals surface area (Å²) in [7, 11) is 0. The van der Waals surface area contributed by atoms with Crippen LogP contribution in [-0.4, -0.2) is 10.6 Å². The summed E-state index contributed by atoms with van der Waals surface area (Å²) in [6.07, 6.45) is 0. The van der Waals surface area contributed by atoms with Gasteiger partial charge in [0.25, 0.3) is 0 Å². The maximum absolute atomic E-state index is 12.4. The van der Waals surface area contributed by atoms with Gasteiger partial charge in [-0.15, -0.1) is 0 Å². The number of alkyl halides is 2. The van der Waals surface area contributed by atoms with Crippen LogP contribution < -0.4 is 0 Å². The molecule has 0 fully saturated rings. The molecule has 1 nitrogen and oxygen atoms in total. The third-order valence-corrected chi connectivity index (χ3v) is 6.00. The lowest BCUT2D eigenvalue weighted by molar-refractivity contribution is 0.0991. The van der Waals surface area contributed by atoms with Gasteiger partial charge in [0.2, 0.25) is 0 Å².